The molecule has 0 spiro atoms. The maximum Gasteiger partial charge on any atom is 2.00 e. The minimum absolute atomic E-state index is 0. The van der Waals surface area contributed by atoms with Crippen LogP contribution in [-0.2, 0) is 74.2 Å². The summed E-state index contributed by atoms with van der Waals surface area (Å²) in [5.74, 6) is 4.14. The number of rotatable bonds is 16. The molecule has 5 rings (SSSR count). The van der Waals surface area contributed by atoms with Crippen LogP contribution in [0, 0.1) is 26.2 Å². The summed E-state index contributed by atoms with van der Waals surface area (Å²) in [4.78, 5) is 19.8. The van der Waals surface area contributed by atoms with Gasteiger partial charge in [-0.05, 0) is 60.2 Å². The van der Waals surface area contributed by atoms with Gasteiger partial charge in [0.2, 0.25) is 0 Å². The van der Waals surface area contributed by atoms with E-state index in [9.17, 15) is 0 Å². The molecule has 0 N–H and O–H groups in total. The van der Waals surface area contributed by atoms with E-state index in [1.165, 1.54) is 80.1 Å². The predicted octanol–water partition coefficient (Wildman–Crippen LogP) is 22.9. The van der Waals surface area contributed by atoms with Crippen LogP contribution >= 0.6 is 0 Å². The van der Waals surface area contributed by atoms with E-state index >= 15 is 0 Å². The van der Waals surface area contributed by atoms with Crippen molar-refractivity contribution in [3.63, 3.8) is 0 Å². The van der Waals surface area contributed by atoms with Crippen LogP contribution in [0.25, 0.3) is 19.9 Å². The predicted molar refractivity (Wildman–Crippen MR) is 342 cm³/mol. The fraction of sp³-hybridized carbons (Fsp3) is 0.562. The molecule has 1 heterocycles. The van der Waals surface area contributed by atoms with E-state index in [4.69, 9.17) is 24.7 Å². The minimum atomic E-state index is -1.68. The smallest absolute Gasteiger partial charge is 0.707 e. The van der Waals surface area contributed by atoms with Gasteiger partial charge in [0.25, 0.3) is 0 Å². The van der Waals surface area contributed by atoms with E-state index in [1.54, 1.807) is 0 Å². The Hall–Kier alpha value is -0.963. The van der Waals surface area contributed by atoms with Gasteiger partial charge < -0.3 is 50.9 Å². The molecule has 0 atom stereocenters. The molecular weight excluding hydrogens is 1160 g/mol. The Morgan fingerprint density at radius 2 is 0.429 bits per heavy atom. The molecule has 430 valence electrons. The normalized spacial score (nSPS) is 12.4. The van der Waals surface area contributed by atoms with Crippen LogP contribution in [0.1, 0.15) is 215 Å². The second kappa shape index (κ2) is 38.0. The molecule has 0 unspecified atom stereocenters. The number of ether oxygens (including phenoxy) is 1. The number of hydrogen-bond acceptors (Lipinski definition) is 1. The maximum atomic E-state index is 4.96. The first kappa shape index (κ1) is 82.5. The molecule has 0 amide bonds. The number of nitrogens with zero attached hydrogens (tertiary/aromatic N) is 4. The van der Waals surface area contributed by atoms with Crippen LogP contribution in [0.4, 0.5) is 22.7 Å². The summed E-state index contributed by atoms with van der Waals surface area (Å²) in [7, 11) is -6.71. The van der Waals surface area contributed by atoms with Crippen molar-refractivity contribution in [3.8, 4) is 0 Å². The second-order valence-electron chi connectivity index (χ2n) is 25.4. The molecule has 1 aliphatic rings. The average molecular weight is 1270 g/mol. The Morgan fingerprint density at radius 3 is 0.506 bits per heavy atom. The molecule has 0 aliphatic carbocycles. The third-order valence-electron chi connectivity index (χ3n) is 11.9. The van der Waals surface area contributed by atoms with Crippen molar-refractivity contribution >= 4 is 55.7 Å². The fourth-order valence-corrected chi connectivity index (χ4v) is 11.7. The quantitative estimate of drug-likeness (QED) is 0.0814. The van der Waals surface area contributed by atoms with Gasteiger partial charge in [-0.3, -0.25) is 0 Å². The Labute approximate surface area is 525 Å². The molecule has 13 heteroatoms. The number of benzene rings is 4. The summed E-state index contributed by atoms with van der Waals surface area (Å²) in [6.07, 6.45) is 2.56. The summed E-state index contributed by atoms with van der Waals surface area (Å²) in [5.41, 5.74) is 15.7. The second-order valence-corrected chi connectivity index (χ2v) is 40.8. The summed E-state index contributed by atoms with van der Waals surface area (Å²) in [5, 5.41) is 0. The van der Waals surface area contributed by atoms with Gasteiger partial charge in [0.15, 0.2) is 0 Å². The van der Waals surface area contributed by atoms with Gasteiger partial charge in [0.1, 0.15) is 0 Å². The van der Waals surface area contributed by atoms with Gasteiger partial charge in [-0.1, -0.05) is 228 Å². The van der Waals surface area contributed by atoms with Crippen LogP contribution in [-0.4, -0.2) is 46.2 Å². The van der Waals surface area contributed by atoms with E-state index in [0.29, 0.717) is 47.3 Å². The molecular formula is C64H108Cr4N4OSi4. The van der Waals surface area contributed by atoms with E-state index in [-0.39, 0.29) is 69.4 Å². The molecule has 0 bridgehead atoms. The molecule has 5 nitrogen and oxygen atoms in total. The van der Waals surface area contributed by atoms with Gasteiger partial charge in [-0.2, -0.15) is 0 Å². The third kappa shape index (κ3) is 31.9. The largest absolute Gasteiger partial charge is 2.00 e. The summed E-state index contributed by atoms with van der Waals surface area (Å²) in [6, 6.07) is 26.2. The topological polar surface area (TPSA) is 65.6 Å². The Kier molecular flexibility index (Phi) is 40.7. The molecule has 1 saturated heterocycles. The SMILES string of the molecule is C1CCOC1.[CH2-][Si](C)(C)[N-]c1c(C(C)C)cccc1C(C)C.[CH2-][Si](C)(C)[N-]c1c(C(C)C)cccc1C(C)C.[CH2-][Si](C)(C)[N-]c1c(C(C)C)cccc1C(C)C.[CH2-][Si](C)(C)[N-]c1c(C(C)C)cccc1C(C)C.[Cr+2].[Cr+2].[Cr+2].[Cr+2]. The standard InChI is InChI=1S/4C15H25NSi.C4H8O.4Cr/c4*1-11(2)13-9-8-10-14(12(3)4)15(13)16-17(5,6)7;1-2-4-5-3-1;;;;/h4*8-12H,5H2,1-4,6-7H3;1-4H2;;;;/q4*-2;;4*+2. The zero-order valence-electron chi connectivity index (χ0n) is 53.0. The van der Waals surface area contributed by atoms with Crippen molar-refractivity contribution in [2.24, 2.45) is 0 Å². The van der Waals surface area contributed by atoms with Crippen LogP contribution < -0.4 is 0 Å². The van der Waals surface area contributed by atoms with E-state index in [0.717, 1.165) is 13.2 Å². The van der Waals surface area contributed by atoms with Crippen LogP contribution in [0.15, 0.2) is 72.8 Å². The van der Waals surface area contributed by atoms with E-state index < -0.39 is 32.9 Å². The van der Waals surface area contributed by atoms with Crippen molar-refractivity contribution in [2.45, 2.75) is 223 Å². The average Bonchev–Trinajstić information content (AvgIpc) is 3.83. The number of hydrogen-bond donors (Lipinski definition) is 0. The Balaban J connectivity index is -0.000000439. The zero-order valence-corrected chi connectivity index (χ0v) is 62.1. The summed E-state index contributed by atoms with van der Waals surface area (Å²) >= 11 is 0. The fourth-order valence-electron chi connectivity index (χ4n) is 8.28. The molecule has 0 aromatic heterocycles. The molecule has 77 heavy (non-hydrogen) atoms. The van der Waals surface area contributed by atoms with Gasteiger partial charge in [-0.15, -0.1) is 75.1 Å². The molecule has 0 radical (unpaired) electrons. The van der Waals surface area contributed by atoms with Crippen molar-refractivity contribution in [3.05, 3.63) is 163 Å². The molecule has 0 saturated carbocycles. The maximum absolute atomic E-state index is 4.96. The van der Waals surface area contributed by atoms with Gasteiger partial charge >= 0.3 is 69.4 Å². The molecule has 4 aromatic rings. The molecule has 4 aromatic carbocycles. The van der Waals surface area contributed by atoms with Crippen LogP contribution in [0.3, 0.4) is 0 Å². The van der Waals surface area contributed by atoms with Crippen molar-refractivity contribution in [1.29, 1.82) is 0 Å². The van der Waals surface area contributed by atoms with Crippen molar-refractivity contribution < 1.29 is 74.2 Å². The first-order chi connectivity index (χ1) is 33.4. The van der Waals surface area contributed by atoms with Crippen molar-refractivity contribution in [1.82, 2.24) is 0 Å². The monoisotopic (exact) mass is 1270 g/mol. The Morgan fingerprint density at radius 1 is 0.299 bits per heavy atom. The van der Waals surface area contributed by atoms with Gasteiger partial charge in [-0.25, -0.2) is 32.9 Å². The van der Waals surface area contributed by atoms with Gasteiger partial charge in [0, 0.05) is 13.2 Å². The molecule has 1 aliphatic heterocycles. The zero-order chi connectivity index (χ0) is 56.4. The first-order valence-corrected chi connectivity index (χ1v) is 40.4. The van der Waals surface area contributed by atoms with Crippen LogP contribution in [0.5, 0.6) is 0 Å². The van der Waals surface area contributed by atoms with Gasteiger partial charge in [0.05, 0.1) is 0 Å². The first-order valence-electron chi connectivity index (χ1n) is 27.8. The Bertz CT molecular complexity index is 1800. The van der Waals surface area contributed by atoms with Crippen LogP contribution in [0.2, 0.25) is 52.4 Å². The van der Waals surface area contributed by atoms with Crippen molar-refractivity contribution in [2.75, 3.05) is 13.2 Å². The summed E-state index contributed by atoms with van der Waals surface area (Å²) in [6.45, 7) is 72.2. The minimum Gasteiger partial charge on any atom is -0.707 e. The third-order valence-corrected chi connectivity index (χ3v) is 15.2. The molecule has 1 fully saturated rings. The van der Waals surface area contributed by atoms with E-state index in [1.807, 2.05) is 0 Å². The van der Waals surface area contributed by atoms with E-state index in [2.05, 4.69) is 262 Å². The summed E-state index contributed by atoms with van der Waals surface area (Å²) < 4.78 is 4.94.